The molecule has 124 valence electrons. The minimum absolute atomic E-state index is 0.338. The van der Waals surface area contributed by atoms with Crippen LogP contribution in [-0.4, -0.2) is 5.38 Å². The van der Waals surface area contributed by atoms with Gasteiger partial charge in [0.2, 0.25) is 0 Å². The van der Waals surface area contributed by atoms with Crippen LogP contribution in [0, 0.1) is 29.6 Å². The van der Waals surface area contributed by atoms with Crippen LogP contribution >= 0.6 is 11.6 Å². The molecule has 0 heterocycles. The topological polar surface area (TPSA) is 0 Å². The Morgan fingerprint density at radius 2 is 1.59 bits per heavy atom. The molecule has 1 saturated carbocycles. The van der Waals surface area contributed by atoms with Crippen LogP contribution in [0.3, 0.4) is 0 Å². The monoisotopic (exact) mass is 320 g/mol. The molecule has 0 aromatic rings. The van der Waals surface area contributed by atoms with Crippen LogP contribution in [0.15, 0.2) is 23.3 Å². The molecule has 0 amide bonds. The molecule has 22 heavy (non-hydrogen) atoms. The van der Waals surface area contributed by atoms with Gasteiger partial charge in [-0.15, -0.1) is 11.6 Å². The van der Waals surface area contributed by atoms with E-state index in [-0.39, 0.29) is 0 Å². The van der Waals surface area contributed by atoms with E-state index in [9.17, 15) is 0 Å². The van der Waals surface area contributed by atoms with Crippen molar-refractivity contribution in [2.45, 2.75) is 77.5 Å². The summed E-state index contributed by atoms with van der Waals surface area (Å²) < 4.78 is 0. The van der Waals surface area contributed by atoms with Crippen molar-refractivity contribution in [2.24, 2.45) is 29.6 Å². The quantitative estimate of drug-likeness (QED) is 0.390. The van der Waals surface area contributed by atoms with Gasteiger partial charge in [-0.3, -0.25) is 0 Å². The predicted octanol–water partition coefficient (Wildman–Crippen LogP) is 6.75. The molecule has 0 nitrogen and oxygen atoms in total. The lowest BCUT2D eigenvalue weighted by molar-refractivity contribution is 0.306. The van der Waals surface area contributed by atoms with E-state index < -0.39 is 0 Å². The fourth-order valence-electron chi connectivity index (χ4n) is 5.01. The van der Waals surface area contributed by atoms with Gasteiger partial charge >= 0.3 is 0 Å². The Labute approximate surface area is 142 Å². The Hall–Kier alpha value is -0.230. The molecule has 3 aliphatic rings. The molecule has 0 saturated heterocycles. The molecule has 0 spiro atoms. The Balaban J connectivity index is 1.61. The number of allylic oxidation sites excluding steroid dienone is 4. The second kappa shape index (κ2) is 7.12. The summed E-state index contributed by atoms with van der Waals surface area (Å²) in [5, 5.41) is 0.338. The van der Waals surface area contributed by atoms with Gasteiger partial charge in [0.1, 0.15) is 0 Å². The Morgan fingerprint density at radius 3 is 2.23 bits per heavy atom. The standard InChI is InChI=1S/C21H33Cl/c1-14-4-7-17(8-5-14)18-9-11-19(12-10-18)20-13-6-15(2)21(22)16(20)3/h9,13-17,19,21H,4-8,10-12H2,1-3H3. The van der Waals surface area contributed by atoms with E-state index in [0.29, 0.717) is 17.2 Å². The summed E-state index contributed by atoms with van der Waals surface area (Å²) in [4.78, 5) is 0. The van der Waals surface area contributed by atoms with Crippen LogP contribution in [0.1, 0.15) is 72.1 Å². The molecule has 0 aliphatic heterocycles. The molecule has 1 heteroatoms. The van der Waals surface area contributed by atoms with Crippen molar-refractivity contribution in [1.29, 1.82) is 0 Å². The maximum absolute atomic E-state index is 6.64. The first-order chi connectivity index (χ1) is 10.6. The molecule has 0 aromatic carbocycles. The van der Waals surface area contributed by atoms with Crippen LogP contribution in [-0.2, 0) is 0 Å². The highest BCUT2D eigenvalue weighted by molar-refractivity contribution is 6.21. The van der Waals surface area contributed by atoms with Gasteiger partial charge in [-0.25, -0.2) is 0 Å². The highest BCUT2D eigenvalue weighted by Gasteiger charge is 2.33. The molecule has 0 aromatic heterocycles. The van der Waals surface area contributed by atoms with Crippen molar-refractivity contribution in [2.75, 3.05) is 0 Å². The zero-order chi connectivity index (χ0) is 15.7. The smallest absolute Gasteiger partial charge is 0.0427 e. The molecule has 1 fully saturated rings. The Morgan fingerprint density at radius 1 is 0.864 bits per heavy atom. The van der Waals surface area contributed by atoms with Crippen LogP contribution in [0.25, 0.3) is 0 Å². The molecule has 0 radical (unpaired) electrons. The lowest BCUT2D eigenvalue weighted by Crippen LogP contribution is -2.29. The van der Waals surface area contributed by atoms with E-state index in [0.717, 1.165) is 17.8 Å². The zero-order valence-corrected chi connectivity index (χ0v) is 15.4. The average Bonchev–Trinajstić information content (AvgIpc) is 2.54. The normalized spacial score (nSPS) is 43.5. The minimum Gasteiger partial charge on any atom is -0.122 e. The van der Waals surface area contributed by atoms with Gasteiger partial charge < -0.3 is 0 Å². The van der Waals surface area contributed by atoms with Crippen molar-refractivity contribution in [3.05, 3.63) is 23.3 Å². The maximum Gasteiger partial charge on any atom is 0.0427 e. The number of hydrogen-bond donors (Lipinski definition) is 0. The second-order valence-electron chi connectivity index (χ2n) is 8.36. The van der Waals surface area contributed by atoms with Gasteiger partial charge in [-0.2, -0.15) is 0 Å². The average molecular weight is 321 g/mol. The van der Waals surface area contributed by atoms with E-state index in [2.05, 4.69) is 32.9 Å². The molecule has 0 bridgehead atoms. The number of alkyl halides is 1. The van der Waals surface area contributed by atoms with E-state index in [1.54, 1.807) is 11.1 Å². The Bertz CT molecular complexity index is 439. The van der Waals surface area contributed by atoms with Crippen LogP contribution in [0.4, 0.5) is 0 Å². The molecular formula is C21H33Cl. The summed E-state index contributed by atoms with van der Waals surface area (Å²) in [5.74, 6) is 3.86. The highest BCUT2D eigenvalue weighted by atomic mass is 35.5. The lowest BCUT2D eigenvalue weighted by atomic mass is 9.70. The van der Waals surface area contributed by atoms with Crippen molar-refractivity contribution in [3.63, 3.8) is 0 Å². The predicted molar refractivity (Wildman–Crippen MR) is 97.2 cm³/mol. The van der Waals surface area contributed by atoms with Crippen molar-refractivity contribution >= 4 is 11.6 Å². The first-order valence-corrected chi connectivity index (χ1v) is 10.0. The summed E-state index contributed by atoms with van der Waals surface area (Å²) in [5.41, 5.74) is 3.47. The van der Waals surface area contributed by atoms with E-state index in [1.165, 1.54) is 51.4 Å². The number of halogens is 1. The van der Waals surface area contributed by atoms with Crippen LogP contribution in [0.2, 0.25) is 0 Å². The third-order valence-electron chi connectivity index (χ3n) is 6.73. The van der Waals surface area contributed by atoms with Crippen molar-refractivity contribution < 1.29 is 0 Å². The van der Waals surface area contributed by atoms with Gasteiger partial charge in [-0.05, 0) is 68.1 Å². The first-order valence-electron chi connectivity index (χ1n) is 9.59. The SMILES string of the molecule is CC1CCC(C2=CCC(C3=CCC(C)C(Cl)C3C)CC2)CC1. The third kappa shape index (κ3) is 3.48. The summed E-state index contributed by atoms with van der Waals surface area (Å²) in [7, 11) is 0. The summed E-state index contributed by atoms with van der Waals surface area (Å²) in [6.45, 7) is 7.06. The van der Waals surface area contributed by atoms with E-state index in [4.69, 9.17) is 11.6 Å². The third-order valence-corrected chi connectivity index (χ3v) is 7.54. The number of hydrogen-bond acceptors (Lipinski definition) is 0. The minimum atomic E-state index is 0.338. The van der Waals surface area contributed by atoms with Crippen LogP contribution < -0.4 is 0 Å². The molecule has 3 rings (SSSR count). The lowest BCUT2D eigenvalue weighted by Gasteiger charge is -2.37. The van der Waals surface area contributed by atoms with E-state index in [1.807, 2.05) is 0 Å². The van der Waals surface area contributed by atoms with Gasteiger partial charge in [0.25, 0.3) is 0 Å². The second-order valence-corrected chi connectivity index (χ2v) is 8.86. The fraction of sp³-hybridized carbons (Fsp3) is 0.810. The fourth-order valence-corrected chi connectivity index (χ4v) is 5.26. The maximum atomic E-state index is 6.64. The molecule has 0 N–H and O–H groups in total. The summed E-state index contributed by atoms with van der Waals surface area (Å²) >= 11 is 6.64. The molecule has 4 unspecified atom stereocenters. The van der Waals surface area contributed by atoms with Crippen molar-refractivity contribution in [1.82, 2.24) is 0 Å². The zero-order valence-electron chi connectivity index (χ0n) is 14.7. The summed E-state index contributed by atoms with van der Waals surface area (Å²) in [6.07, 6.45) is 16.1. The highest BCUT2D eigenvalue weighted by Crippen LogP contribution is 2.43. The van der Waals surface area contributed by atoms with Gasteiger partial charge in [0.15, 0.2) is 0 Å². The Kier molecular flexibility index (Phi) is 5.38. The molecular weight excluding hydrogens is 288 g/mol. The number of rotatable bonds is 2. The first kappa shape index (κ1) is 16.6. The van der Waals surface area contributed by atoms with Crippen LogP contribution in [0.5, 0.6) is 0 Å². The largest absolute Gasteiger partial charge is 0.122 e. The molecule has 4 atom stereocenters. The molecule has 3 aliphatic carbocycles. The van der Waals surface area contributed by atoms with Gasteiger partial charge in [0, 0.05) is 5.38 Å². The van der Waals surface area contributed by atoms with Gasteiger partial charge in [0.05, 0.1) is 0 Å². The van der Waals surface area contributed by atoms with Crippen molar-refractivity contribution in [3.8, 4) is 0 Å². The van der Waals surface area contributed by atoms with E-state index >= 15 is 0 Å². The van der Waals surface area contributed by atoms with Gasteiger partial charge in [-0.1, -0.05) is 56.9 Å². The summed E-state index contributed by atoms with van der Waals surface area (Å²) in [6, 6.07) is 0.